The predicted molar refractivity (Wildman–Crippen MR) is 36.8 cm³/mol. The van der Waals surface area contributed by atoms with Gasteiger partial charge in [0.2, 0.25) is 0 Å². The topological polar surface area (TPSA) is 26.3 Å². The van der Waals surface area contributed by atoms with Gasteiger partial charge in [-0.25, -0.2) is 0 Å². The summed E-state index contributed by atoms with van der Waals surface area (Å²) in [5.41, 5.74) is -0.280. The summed E-state index contributed by atoms with van der Waals surface area (Å²) in [4.78, 5) is 11.3. The minimum absolute atomic E-state index is 0.280. The van der Waals surface area contributed by atoms with Crippen LogP contribution in [-0.4, -0.2) is 18.0 Å². The maximum Gasteiger partial charge on any atom is 0.164 e. The Bertz CT molecular complexity index is 159. The van der Waals surface area contributed by atoms with Gasteiger partial charge in [0.05, 0.1) is 6.61 Å². The Labute approximate surface area is 60.6 Å². The normalized spacial score (nSPS) is 39.8. The molecule has 1 saturated heterocycles. The fraction of sp³-hybridized carbons (Fsp3) is 0.875. The van der Waals surface area contributed by atoms with Crippen molar-refractivity contribution in [1.29, 1.82) is 0 Å². The van der Waals surface area contributed by atoms with Crippen LogP contribution in [0, 0.1) is 0 Å². The Morgan fingerprint density at radius 2 is 2.10 bits per heavy atom. The average Bonchev–Trinajstić information content (AvgIpc) is 1.85. The largest absolute Gasteiger partial charge is 0.367 e. The molecule has 1 spiro atoms. The van der Waals surface area contributed by atoms with Gasteiger partial charge in [-0.1, -0.05) is 0 Å². The Morgan fingerprint density at radius 1 is 1.30 bits per heavy atom. The maximum absolute atomic E-state index is 11.3. The number of Topliss-reactive ketones (excluding diaryl/α,β-unsaturated/α-hetero) is 1. The van der Waals surface area contributed by atoms with Crippen molar-refractivity contribution in [2.45, 2.75) is 37.7 Å². The van der Waals surface area contributed by atoms with E-state index < -0.39 is 0 Å². The summed E-state index contributed by atoms with van der Waals surface area (Å²) in [6, 6.07) is 0. The summed E-state index contributed by atoms with van der Waals surface area (Å²) in [6.07, 6.45) is 4.95. The number of carbonyl (C=O) groups is 1. The van der Waals surface area contributed by atoms with Crippen LogP contribution >= 0.6 is 0 Å². The van der Waals surface area contributed by atoms with E-state index in [4.69, 9.17) is 4.74 Å². The highest BCUT2D eigenvalue weighted by molar-refractivity contribution is 5.88. The third kappa shape index (κ3) is 0.717. The van der Waals surface area contributed by atoms with E-state index in [9.17, 15) is 4.79 Å². The molecule has 1 atom stereocenters. The van der Waals surface area contributed by atoms with E-state index in [1.807, 2.05) is 0 Å². The van der Waals surface area contributed by atoms with Gasteiger partial charge in [-0.2, -0.15) is 0 Å². The van der Waals surface area contributed by atoms with Gasteiger partial charge < -0.3 is 4.74 Å². The van der Waals surface area contributed by atoms with Crippen molar-refractivity contribution in [2.24, 2.45) is 0 Å². The molecule has 56 valence electrons. The van der Waals surface area contributed by atoms with Crippen molar-refractivity contribution in [3.8, 4) is 0 Å². The average molecular weight is 140 g/mol. The van der Waals surface area contributed by atoms with Crippen molar-refractivity contribution in [3.63, 3.8) is 0 Å². The zero-order valence-electron chi connectivity index (χ0n) is 6.06. The molecular weight excluding hydrogens is 128 g/mol. The smallest absolute Gasteiger partial charge is 0.164 e. The molecule has 1 aliphatic carbocycles. The lowest BCUT2D eigenvalue weighted by atomic mass is 9.78. The predicted octanol–water partition coefficient (Wildman–Crippen LogP) is 1.29. The van der Waals surface area contributed by atoms with E-state index in [-0.39, 0.29) is 5.60 Å². The van der Waals surface area contributed by atoms with E-state index in [1.165, 1.54) is 6.42 Å². The molecule has 0 aromatic rings. The summed E-state index contributed by atoms with van der Waals surface area (Å²) in [7, 11) is 0. The molecule has 0 aromatic heterocycles. The first-order chi connectivity index (χ1) is 4.83. The first kappa shape index (κ1) is 6.35. The standard InChI is InChI=1S/C8H12O2/c9-7-3-1-2-4-8(7)5-6-10-8/h1-6H2. The molecule has 2 rings (SSSR count). The van der Waals surface area contributed by atoms with Crippen LogP contribution in [0.15, 0.2) is 0 Å². The van der Waals surface area contributed by atoms with Crippen LogP contribution in [0.2, 0.25) is 0 Å². The SMILES string of the molecule is O=C1CCCCC12CCO2. The monoisotopic (exact) mass is 140 g/mol. The van der Waals surface area contributed by atoms with Crippen LogP contribution in [0.3, 0.4) is 0 Å². The van der Waals surface area contributed by atoms with Crippen LogP contribution in [0.1, 0.15) is 32.1 Å². The van der Waals surface area contributed by atoms with E-state index >= 15 is 0 Å². The van der Waals surface area contributed by atoms with Gasteiger partial charge in [-0.3, -0.25) is 4.79 Å². The van der Waals surface area contributed by atoms with Crippen molar-refractivity contribution in [2.75, 3.05) is 6.61 Å². The van der Waals surface area contributed by atoms with E-state index in [0.717, 1.165) is 32.3 Å². The molecule has 10 heavy (non-hydrogen) atoms. The molecule has 0 bridgehead atoms. The molecule has 2 heteroatoms. The zero-order valence-corrected chi connectivity index (χ0v) is 6.06. The highest BCUT2D eigenvalue weighted by atomic mass is 16.5. The van der Waals surface area contributed by atoms with E-state index in [0.29, 0.717) is 5.78 Å². The van der Waals surface area contributed by atoms with Gasteiger partial charge in [0, 0.05) is 12.8 Å². The molecule has 2 fully saturated rings. The molecular formula is C8H12O2. The number of rotatable bonds is 0. The molecule has 1 unspecified atom stereocenters. The van der Waals surface area contributed by atoms with Crippen molar-refractivity contribution in [3.05, 3.63) is 0 Å². The summed E-state index contributed by atoms with van der Waals surface area (Å²) in [5.74, 6) is 0.352. The van der Waals surface area contributed by atoms with Crippen LogP contribution < -0.4 is 0 Å². The molecule has 2 nitrogen and oxygen atoms in total. The molecule has 2 aliphatic rings. The van der Waals surface area contributed by atoms with E-state index in [2.05, 4.69) is 0 Å². The third-order valence-corrected chi connectivity index (χ3v) is 2.63. The van der Waals surface area contributed by atoms with Gasteiger partial charge in [-0.05, 0) is 19.3 Å². The Hall–Kier alpha value is -0.370. The van der Waals surface area contributed by atoms with Crippen LogP contribution in [0.5, 0.6) is 0 Å². The van der Waals surface area contributed by atoms with Crippen LogP contribution in [0.25, 0.3) is 0 Å². The van der Waals surface area contributed by atoms with Gasteiger partial charge in [0.15, 0.2) is 5.78 Å². The first-order valence-corrected chi connectivity index (χ1v) is 4.01. The molecule has 1 aliphatic heterocycles. The van der Waals surface area contributed by atoms with Crippen LogP contribution in [-0.2, 0) is 9.53 Å². The fourth-order valence-corrected chi connectivity index (χ4v) is 1.83. The second-order valence-corrected chi connectivity index (χ2v) is 3.22. The molecule has 0 N–H and O–H groups in total. The summed E-state index contributed by atoms with van der Waals surface area (Å²) in [5, 5.41) is 0. The van der Waals surface area contributed by atoms with Gasteiger partial charge in [0.25, 0.3) is 0 Å². The Morgan fingerprint density at radius 3 is 2.50 bits per heavy atom. The number of hydrogen-bond acceptors (Lipinski definition) is 2. The number of ether oxygens (including phenoxy) is 1. The first-order valence-electron chi connectivity index (χ1n) is 4.01. The van der Waals surface area contributed by atoms with Gasteiger partial charge in [0.1, 0.15) is 5.60 Å². The minimum Gasteiger partial charge on any atom is -0.367 e. The lowest BCUT2D eigenvalue weighted by molar-refractivity contribution is -0.180. The van der Waals surface area contributed by atoms with Crippen molar-refractivity contribution < 1.29 is 9.53 Å². The minimum atomic E-state index is -0.280. The molecule has 1 saturated carbocycles. The van der Waals surface area contributed by atoms with Gasteiger partial charge in [-0.15, -0.1) is 0 Å². The maximum atomic E-state index is 11.3. The molecule has 0 aromatic carbocycles. The van der Waals surface area contributed by atoms with Crippen LogP contribution in [0.4, 0.5) is 0 Å². The zero-order chi connectivity index (χ0) is 7.03. The third-order valence-electron chi connectivity index (χ3n) is 2.63. The lowest BCUT2D eigenvalue weighted by Gasteiger charge is -2.42. The van der Waals surface area contributed by atoms with E-state index in [1.54, 1.807) is 0 Å². The highest BCUT2D eigenvalue weighted by Crippen LogP contribution is 2.37. The molecule has 0 radical (unpaired) electrons. The second kappa shape index (κ2) is 2.06. The van der Waals surface area contributed by atoms with Gasteiger partial charge >= 0.3 is 0 Å². The number of carbonyl (C=O) groups excluding carboxylic acids is 1. The molecule has 1 heterocycles. The second-order valence-electron chi connectivity index (χ2n) is 3.22. The fourth-order valence-electron chi connectivity index (χ4n) is 1.83. The van der Waals surface area contributed by atoms with Crippen molar-refractivity contribution in [1.82, 2.24) is 0 Å². The lowest BCUT2D eigenvalue weighted by Crippen LogP contribution is -2.52. The number of hydrogen-bond donors (Lipinski definition) is 0. The summed E-state index contributed by atoms with van der Waals surface area (Å²) >= 11 is 0. The van der Waals surface area contributed by atoms with Crippen molar-refractivity contribution >= 4 is 5.78 Å². The Kier molecular flexibility index (Phi) is 1.31. The summed E-state index contributed by atoms with van der Waals surface area (Å²) in [6.45, 7) is 0.797. The molecule has 0 amide bonds. The quantitative estimate of drug-likeness (QED) is 0.506. The Balaban J connectivity index is 2.10. The number of ketones is 1. The summed E-state index contributed by atoms with van der Waals surface area (Å²) < 4.78 is 5.32. The highest BCUT2D eigenvalue weighted by Gasteiger charge is 2.45.